The van der Waals surface area contributed by atoms with Crippen LogP contribution in [0.4, 0.5) is 0 Å². The fourth-order valence-corrected chi connectivity index (χ4v) is 11.7. The molecule has 0 aliphatic rings. The van der Waals surface area contributed by atoms with E-state index in [2.05, 4.69) is 27.7 Å². The Morgan fingerprint density at radius 3 is 0.686 bits per heavy atom. The number of hydrogen-bond acceptors (Lipinski definition) is 15. The Bertz CT molecular complexity index is 1650. The van der Waals surface area contributed by atoms with Gasteiger partial charge in [-0.2, -0.15) is 0 Å². The second-order valence-corrected chi connectivity index (χ2v) is 27.1. The van der Waals surface area contributed by atoms with E-state index in [9.17, 15) is 43.2 Å². The molecule has 0 saturated heterocycles. The van der Waals surface area contributed by atoms with Crippen LogP contribution in [0.2, 0.25) is 0 Å². The van der Waals surface area contributed by atoms with E-state index in [0.717, 1.165) is 89.9 Å². The lowest BCUT2D eigenvalue weighted by Crippen LogP contribution is -2.30. The molecule has 0 aromatic carbocycles. The third kappa shape index (κ3) is 60.9. The Balaban J connectivity index is 5.10. The average molecular weight is 1270 g/mol. The van der Waals surface area contributed by atoms with Gasteiger partial charge in [-0.25, -0.2) is 9.13 Å². The number of aliphatic hydroxyl groups excluding tert-OH is 1. The van der Waals surface area contributed by atoms with Crippen molar-refractivity contribution in [1.29, 1.82) is 0 Å². The predicted molar refractivity (Wildman–Crippen MR) is 345 cm³/mol. The lowest BCUT2D eigenvalue weighted by molar-refractivity contribution is -0.161. The summed E-state index contributed by atoms with van der Waals surface area (Å²) in [6.45, 7) is 4.83. The zero-order chi connectivity index (χ0) is 63.3. The maximum Gasteiger partial charge on any atom is 0.472 e. The van der Waals surface area contributed by atoms with Crippen LogP contribution in [0, 0.1) is 0 Å². The second-order valence-electron chi connectivity index (χ2n) is 24.2. The quantitative estimate of drug-likeness (QED) is 0.0222. The molecule has 0 aromatic rings. The van der Waals surface area contributed by atoms with Crippen LogP contribution in [0.3, 0.4) is 0 Å². The van der Waals surface area contributed by atoms with Crippen molar-refractivity contribution in [2.45, 2.75) is 367 Å². The van der Waals surface area contributed by atoms with Crippen LogP contribution >= 0.6 is 15.6 Å². The average Bonchev–Trinajstić information content (AvgIpc) is 3.60. The summed E-state index contributed by atoms with van der Waals surface area (Å²) in [5, 5.41) is 10.5. The van der Waals surface area contributed by atoms with E-state index >= 15 is 0 Å². The van der Waals surface area contributed by atoms with Crippen molar-refractivity contribution in [1.82, 2.24) is 0 Å². The SMILES string of the molecule is CCCCCCCCCCCCCCCCCC(=O)OC[C@H](COP(=O)(O)OC[C@@H](O)COP(=O)(O)OC[C@@H](COC(=O)CCCCCCCCCCCCC)OC(=O)CCCCCCCCCCCCCCCCC)OC(=O)CCCCCCC. The van der Waals surface area contributed by atoms with Gasteiger partial charge in [0.15, 0.2) is 12.2 Å². The molecule has 0 rings (SSSR count). The summed E-state index contributed by atoms with van der Waals surface area (Å²) in [6.07, 6.45) is 48.9. The summed E-state index contributed by atoms with van der Waals surface area (Å²) in [5.41, 5.74) is 0. The summed E-state index contributed by atoms with van der Waals surface area (Å²) in [4.78, 5) is 72.1. The van der Waals surface area contributed by atoms with Crippen LogP contribution in [0.15, 0.2) is 0 Å². The van der Waals surface area contributed by atoms with Crippen LogP contribution in [0.25, 0.3) is 0 Å². The summed E-state index contributed by atoms with van der Waals surface area (Å²) >= 11 is 0. The van der Waals surface area contributed by atoms with Crippen molar-refractivity contribution < 1.29 is 80.2 Å². The third-order valence-electron chi connectivity index (χ3n) is 15.6. The van der Waals surface area contributed by atoms with Gasteiger partial charge in [0, 0.05) is 25.7 Å². The van der Waals surface area contributed by atoms with Gasteiger partial charge < -0.3 is 33.8 Å². The highest BCUT2D eigenvalue weighted by molar-refractivity contribution is 7.47. The van der Waals surface area contributed by atoms with Gasteiger partial charge in [-0.05, 0) is 25.7 Å². The van der Waals surface area contributed by atoms with Gasteiger partial charge in [0.2, 0.25) is 0 Å². The van der Waals surface area contributed by atoms with Crippen molar-refractivity contribution in [2.24, 2.45) is 0 Å². The minimum Gasteiger partial charge on any atom is -0.462 e. The first-order valence-corrected chi connectivity index (χ1v) is 38.3. The fourth-order valence-electron chi connectivity index (χ4n) is 10.2. The maximum atomic E-state index is 13.0. The molecule has 86 heavy (non-hydrogen) atoms. The summed E-state index contributed by atoms with van der Waals surface area (Å²) in [6, 6.07) is 0. The molecule has 0 fully saturated rings. The number of ether oxygens (including phenoxy) is 4. The number of esters is 4. The number of carbonyl (C=O) groups excluding carboxylic acids is 4. The number of phosphoric ester groups is 2. The van der Waals surface area contributed by atoms with Gasteiger partial charge in [0.25, 0.3) is 0 Å². The molecule has 0 bridgehead atoms. The predicted octanol–water partition coefficient (Wildman–Crippen LogP) is 19.1. The molecular formula is C67H130O17P2. The number of aliphatic hydroxyl groups is 1. The van der Waals surface area contributed by atoms with Gasteiger partial charge in [-0.15, -0.1) is 0 Å². The largest absolute Gasteiger partial charge is 0.472 e. The van der Waals surface area contributed by atoms with E-state index in [-0.39, 0.29) is 25.7 Å². The van der Waals surface area contributed by atoms with Crippen LogP contribution < -0.4 is 0 Å². The van der Waals surface area contributed by atoms with Crippen LogP contribution in [0.5, 0.6) is 0 Å². The summed E-state index contributed by atoms with van der Waals surface area (Å²) < 4.78 is 67.9. The minimum atomic E-state index is -4.94. The highest BCUT2D eigenvalue weighted by atomic mass is 31.2. The Morgan fingerprint density at radius 2 is 0.465 bits per heavy atom. The molecule has 0 heterocycles. The molecule has 0 aliphatic carbocycles. The lowest BCUT2D eigenvalue weighted by Gasteiger charge is -2.21. The van der Waals surface area contributed by atoms with Crippen molar-refractivity contribution in [3.05, 3.63) is 0 Å². The smallest absolute Gasteiger partial charge is 0.462 e. The molecule has 0 saturated carbocycles. The molecular weight excluding hydrogens is 1140 g/mol. The number of hydrogen-bond donors (Lipinski definition) is 3. The Hall–Kier alpha value is -1.94. The molecule has 0 aromatic heterocycles. The number of carbonyl (C=O) groups is 4. The van der Waals surface area contributed by atoms with E-state index in [1.165, 1.54) is 180 Å². The molecule has 0 radical (unpaired) electrons. The van der Waals surface area contributed by atoms with Crippen molar-refractivity contribution >= 4 is 39.5 Å². The van der Waals surface area contributed by atoms with Gasteiger partial charge in [0.1, 0.15) is 19.3 Å². The highest BCUT2D eigenvalue weighted by Gasteiger charge is 2.30. The minimum absolute atomic E-state index is 0.101. The molecule has 19 heteroatoms. The molecule has 0 aliphatic heterocycles. The first-order chi connectivity index (χ1) is 41.7. The summed E-state index contributed by atoms with van der Waals surface area (Å²) in [5.74, 6) is -2.13. The topological polar surface area (TPSA) is 237 Å². The standard InChI is InChI=1S/C67H130O17P2/c1-5-9-13-17-20-23-26-28-30-32-35-38-41-45-48-52-64(69)77-57-62(83-66(71)53-49-43-16-12-8-4)59-81-85(73,74)79-55-61(68)56-80-86(75,76)82-60-63(58-78-65(70)51-47-44-40-37-34-25-22-19-15-11-7-3)84-67(72)54-50-46-42-39-36-33-31-29-27-24-21-18-14-10-6-2/h61-63,68H,5-60H2,1-4H3,(H,73,74)(H,75,76)/t61-,62-,63-/m1/s1. The van der Waals surface area contributed by atoms with Crippen molar-refractivity contribution in [3.8, 4) is 0 Å². The second kappa shape index (κ2) is 61.9. The van der Waals surface area contributed by atoms with Crippen LogP contribution in [-0.2, 0) is 65.4 Å². The first kappa shape index (κ1) is 84.1. The third-order valence-corrected chi connectivity index (χ3v) is 17.5. The molecule has 0 spiro atoms. The van der Waals surface area contributed by atoms with Crippen molar-refractivity contribution in [3.63, 3.8) is 0 Å². The molecule has 0 amide bonds. The van der Waals surface area contributed by atoms with E-state index in [1.807, 2.05) is 0 Å². The highest BCUT2D eigenvalue weighted by Crippen LogP contribution is 2.45. The zero-order valence-electron chi connectivity index (χ0n) is 55.3. The number of unbranched alkanes of at least 4 members (excludes halogenated alkanes) is 42. The Labute approximate surface area is 524 Å². The van der Waals surface area contributed by atoms with Gasteiger partial charge in [-0.3, -0.25) is 37.3 Å². The number of rotatable bonds is 68. The maximum absolute atomic E-state index is 13.0. The molecule has 510 valence electrons. The fraction of sp³-hybridized carbons (Fsp3) is 0.940. The Morgan fingerprint density at radius 1 is 0.279 bits per heavy atom. The Kier molecular flexibility index (Phi) is 60.5. The molecule has 3 N–H and O–H groups in total. The molecule has 2 unspecified atom stereocenters. The van der Waals surface area contributed by atoms with Gasteiger partial charge in [-0.1, -0.05) is 297 Å². The van der Waals surface area contributed by atoms with Gasteiger partial charge in [0.05, 0.1) is 26.4 Å². The van der Waals surface area contributed by atoms with Gasteiger partial charge >= 0.3 is 39.5 Å². The van der Waals surface area contributed by atoms with E-state index < -0.39 is 97.5 Å². The van der Waals surface area contributed by atoms with E-state index in [0.29, 0.717) is 25.7 Å². The number of phosphoric acid groups is 2. The summed E-state index contributed by atoms with van der Waals surface area (Å²) in [7, 11) is -9.88. The van der Waals surface area contributed by atoms with Crippen molar-refractivity contribution in [2.75, 3.05) is 39.6 Å². The molecule has 5 atom stereocenters. The monoisotopic (exact) mass is 1270 g/mol. The van der Waals surface area contributed by atoms with E-state index in [1.54, 1.807) is 0 Å². The zero-order valence-corrected chi connectivity index (χ0v) is 57.1. The molecule has 17 nitrogen and oxygen atoms in total. The lowest BCUT2D eigenvalue weighted by atomic mass is 10.0. The normalized spacial score (nSPS) is 14.1. The van der Waals surface area contributed by atoms with Crippen LogP contribution in [0.1, 0.15) is 349 Å². The van der Waals surface area contributed by atoms with Crippen LogP contribution in [-0.4, -0.2) is 96.7 Å². The van der Waals surface area contributed by atoms with E-state index in [4.69, 9.17) is 37.0 Å². The first-order valence-electron chi connectivity index (χ1n) is 35.3.